The third kappa shape index (κ3) is 4.53. The van der Waals surface area contributed by atoms with Gasteiger partial charge in [-0.05, 0) is 27.7 Å². The summed E-state index contributed by atoms with van der Waals surface area (Å²) in [4.78, 5) is 52.9. The summed E-state index contributed by atoms with van der Waals surface area (Å²) in [5, 5.41) is 11.0. The topological polar surface area (TPSA) is 128 Å². The molecule has 1 aromatic carbocycles. The number of carbonyl (C=O) groups excluding carboxylic acids is 3. The summed E-state index contributed by atoms with van der Waals surface area (Å²) in [5.41, 5.74) is -0.312. The molecule has 1 aromatic rings. The smallest absolute Gasteiger partial charge is 0.418 e. The molecule has 1 aliphatic heterocycles. The zero-order valence-corrected chi connectivity index (χ0v) is 17.0. The molecule has 0 aliphatic carbocycles. The third-order valence-electron chi connectivity index (χ3n) is 4.12. The highest BCUT2D eigenvalue weighted by atomic mass is 35.5. The molecule has 3 amide bonds. The van der Waals surface area contributed by atoms with Gasteiger partial charge in [0.15, 0.2) is 0 Å². The first-order valence-electron chi connectivity index (χ1n) is 8.78. The molecule has 1 heterocycles. The fraction of sp³-hybridized carbons (Fsp3) is 0.444. The second-order valence-corrected chi connectivity index (χ2v) is 6.83. The lowest BCUT2D eigenvalue weighted by molar-refractivity contribution is -0.384. The number of nitro benzene ring substituents is 1. The SMILES string of the molecule is CCOC(=O)C1C(C)=NC(=O)N(C(=O)OC(C)C)C1c1cccc([N+](=O)[O-])c1Cl. The summed E-state index contributed by atoms with van der Waals surface area (Å²) in [6.07, 6.45) is -1.62. The van der Waals surface area contributed by atoms with Crippen LogP contribution in [0.4, 0.5) is 15.3 Å². The Balaban J connectivity index is 2.72. The predicted octanol–water partition coefficient (Wildman–Crippen LogP) is 3.91. The van der Waals surface area contributed by atoms with Gasteiger partial charge < -0.3 is 9.47 Å². The van der Waals surface area contributed by atoms with Gasteiger partial charge in [0.25, 0.3) is 5.69 Å². The molecule has 29 heavy (non-hydrogen) atoms. The molecule has 0 saturated carbocycles. The van der Waals surface area contributed by atoms with E-state index in [1.165, 1.54) is 25.1 Å². The summed E-state index contributed by atoms with van der Waals surface area (Å²) in [6.45, 7) is 6.24. The van der Waals surface area contributed by atoms with Gasteiger partial charge in [0.05, 0.1) is 23.7 Å². The van der Waals surface area contributed by atoms with Crippen LogP contribution in [-0.4, -0.2) is 46.3 Å². The van der Waals surface area contributed by atoms with Crippen molar-refractivity contribution in [3.8, 4) is 0 Å². The van der Waals surface area contributed by atoms with Gasteiger partial charge in [-0.3, -0.25) is 14.9 Å². The van der Waals surface area contributed by atoms with Crippen LogP contribution in [-0.2, 0) is 14.3 Å². The van der Waals surface area contributed by atoms with E-state index in [-0.39, 0.29) is 22.9 Å². The Morgan fingerprint density at radius 2 is 2.03 bits per heavy atom. The molecule has 0 saturated heterocycles. The van der Waals surface area contributed by atoms with Crippen molar-refractivity contribution >= 4 is 41.1 Å². The van der Waals surface area contributed by atoms with Crippen molar-refractivity contribution in [3.05, 3.63) is 38.9 Å². The summed E-state index contributed by atoms with van der Waals surface area (Å²) in [6, 6.07) is 1.62. The first-order chi connectivity index (χ1) is 13.6. The number of esters is 1. The van der Waals surface area contributed by atoms with Crippen LogP contribution >= 0.6 is 11.6 Å². The highest BCUT2D eigenvalue weighted by Crippen LogP contribution is 2.41. The number of halogens is 1. The molecule has 0 spiro atoms. The van der Waals surface area contributed by atoms with E-state index in [4.69, 9.17) is 21.1 Å². The van der Waals surface area contributed by atoms with Crippen LogP contribution in [0.15, 0.2) is 23.2 Å². The minimum Gasteiger partial charge on any atom is -0.465 e. The molecule has 0 radical (unpaired) electrons. The summed E-state index contributed by atoms with van der Waals surface area (Å²) in [7, 11) is 0. The van der Waals surface area contributed by atoms with Gasteiger partial charge >= 0.3 is 18.1 Å². The number of urea groups is 1. The molecular weight excluding hydrogens is 406 g/mol. The van der Waals surface area contributed by atoms with Crippen molar-refractivity contribution in [2.45, 2.75) is 39.8 Å². The zero-order chi connectivity index (χ0) is 21.9. The molecule has 11 heteroatoms. The first kappa shape index (κ1) is 22.3. The number of benzene rings is 1. The second kappa shape index (κ2) is 8.99. The van der Waals surface area contributed by atoms with E-state index in [2.05, 4.69) is 4.99 Å². The maximum Gasteiger partial charge on any atom is 0.418 e. The monoisotopic (exact) mass is 425 g/mol. The second-order valence-electron chi connectivity index (χ2n) is 6.45. The fourth-order valence-corrected chi connectivity index (χ4v) is 3.28. The van der Waals surface area contributed by atoms with E-state index in [1.54, 1.807) is 20.8 Å². The Kier molecular flexibility index (Phi) is 6.91. The molecule has 2 atom stereocenters. The average molecular weight is 426 g/mol. The highest BCUT2D eigenvalue weighted by molar-refractivity contribution is 6.33. The van der Waals surface area contributed by atoms with Crippen LogP contribution in [0.1, 0.15) is 39.3 Å². The van der Waals surface area contributed by atoms with Crippen molar-refractivity contribution in [2.75, 3.05) is 6.61 Å². The highest BCUT2D eigenvalue weighted by Gasteiger charge is 2.48. The third-order valence-corrected chi connectivity index (χ3v) is 4.53. The number of aliphatic imine (C=N–C) groups is 1. The summed E-state index contributed by atoms with van der Waals surface area (Å²) < 4.78 is 10.2. The largest absolute Gasteiger partial charge is 0.465 e. The molecule has 1 aliphatic rings. The lowest BCUT2D eigenvalue weighted by Crippen LogP contribution is -2.50. The van der Waals surface area contributed by atoms with Crippen LogP contribution in [0.25, 0.3) is 0 Å². The van der Waals surface area contributed by atoms with Crippen molar-refractivity contribution in [1.82, 2.24) is 4.90 Å². The Morgan fingerprint density at radius 3 is 2.59 bits per heavy atom. The van der Waals surface area contributed by atoms with Crippen LogP contribution < -0.4 is 0 Å². The van der Waals surface area contributed by atoms with Crippen molar-refractivity contribution in [2.24, 2.45) is 10.9 Å². The maximum absolute atomic E-state index is 12.7. The van der Waals surface area contributed by atoms with Gasteiger partial charge in [-0.15, -0.1) is 0 Å². The standard InChI is InChI=1S/C18H20ClN3O7/c1-5-28-16(23)13-10(4)20-17(24)21(18(25)29-9(2)3)15(13)11-7-6-8-12(14(11)19)22(26)27/h6-9,13,15H,5H2,1-4H3. The lowest BCUT2D eigenvalue weighted by atomic mass is 9.86. The number of amides is 3. The average Bonchev–Trinajstić information content (AvgIpc) is 2.60. The van der Waals surface area contributed by atoms with Gasteiger partial charge in [-0.2, -0.15) is 0 Å². The zero-order valence-electron chi connectivity index (χ0n) is 16.2. The Labute approximate surface area is 171 Å². The molecular formula is C18H20ClN3O7. The van der Waals surface area contributed by atoms with E-state index < -0.39 is 46.8 Å². The number of imide groups is 1. The van der Waals surface area contributed by atoms with Gasteiger partial charge in [-0.1, -0.05) is 23.7 Å². The van der Waals surface area contributed by atoms with E-state index in [0.29, 0.717) is 4.90 Å². The number of hydrogen-bond donors (Lipinski definition) is 0. The molecule has 10 nitrogen and oxygen atoms in total. The number of rotatable bonds is 5. The minimum absolute atomic E-state index is 0.0298. The molecule has 0 N–H and O–H groups in total. The van der Waals surface area contributed by atoms with Crippen molar-refractivity contribution < 1.29 is 28.8 Å². The lowest BCUT2D eigenvalue weighted by Gasteiger charge is -2.36. The number of hydrogen-bond acceptors (Lipinski definition) is 7. The quantitative estimate of drug-likeness (QED) is 0.397. The molecule has 0 fully saturated rings. The Hall–Kier alpha value is -3.01. The van der Waals surface area contributed by atoms with Gasteiger partial charge in [0, 0.05) is 17.3 Å². The number of nitro groups is 1. The van der Waals surface area contributed by atoms with Crippen LogP contribution in [0.5, 0.6) is 0 Å². The van der Waals surface area contributed by atoms with Gasteiger partial charge in [-0.25, -0.2) is 19.5 Å². The Morgan fingerprint density at radius 1 is 1.38 bits per heavy atom. The molecule has 2 unspecified atom stereocenters. The van der Waals surface area contributed by atoms with Gasteiger partial charge in [0.2, 0.25) is 0 Å². The van der Waals surface area contributed by atoms with E-state index in [9.17, 15) is 24.5 Å². The molecule has 2 rings (SSSR count). The van der Waals surface area contributed by atoms with Gasteiger partial charge in [0.1, 0.15) is 10.9 Å². The molecule has 0 aromatic heterocycles. The van der Waals surface area contributed by atoms with Crippen LogP contribution in [0.2, 0.25) is 5.02 Å². The number of ether oxygens (including phenoxy) is 2. The molecule has 0 bridgehead atoms. The van der Waals surface area contributed by atoms with E-state index in [0.717, 1.165) is 0 Å². The molecule has 156 valence electrons. The fourth-order valence-electron chi connectivity index (χ4n) is 2.98. The van der Waals surface area contributed by atoms with Crippen molar-refractivity contribution in [1.29, 1.82) is 0 Å². The Bertz CT molecular complexity index is 884. The van der Waals surface area contributed by atoms with E-state index >= 15 is 0 Å². The maximum atomic E-state index is 12.7. The number of carbonyl (C=O) groups is 3. The first-order valence-corrected chi connectivity index (χ1v) is 9.16. The van der Waals surface area contributed by atoms with Crippen LogP contribution in [0.3, 0.4) is 0 Å². The summed E-state index contributed by atoms with van der Waals surface area (Å²) in [5.74, 6) is -1.96. The number of nitrogens with zero attached hydrogens (tertiary/aromatic N) is 3. The summed E-state index contributed by atoms with van der Waals surface area (Å²) >= 11 is 6.23. The van der Waals surface area contributed by atoms with Crippen LogP contribution in [0, 0.1) is 16.0 Å². The van der Waals surface area contributed by atoms with E-state index in [1.807, 2.05) is 0 Å². The van der Waals surface area contributed by atoms with Crippen molar-refractivity contribution in [3.63, 3.8) is 0 Å². The minimum atomic E-state index is -1.32. The predicted molar refractivity (Wildman–Crippen MR) is 103 cm³/mol. The normalized spacial score (nSPS) is 19.0.